The lowest BCUT2D eigenvalue weighted by molar-refractivity contribution is -0.152. The Kier molecular flexibility index (Phi) is 5.97. The van der Waals surface area contributed by atoms with Gasteiger partial charge in [-0.2, -0.15) is 13.2 Å². The molecule has 2 aromatic carbocycles. The Balaban J connectivity index is 1.93. The summed E-state index contributed by atoms with van der Waals surface area (Å²) in [5.41, 5.74) is -0.468. The first-order valence-corrected chi connectivity index (χ1v) is 7.57. The number of rotatable bonds is 5. The number of ether oxygens (including phenoxy) is 1. The van der Waals surface area contributed by atoms with Gasteiger partial charge in [-0.05, 0) is 42.8 Å². The molecule has 0 aliphatic rings. The number of halogens is 4. The topological polar surface area (TPSA) is 55.4 Å². The standard InChI is InChI=1S/C18H15F4NO3/c1-11(26-16(24)9-12-5-7-14(19)8-6-12)17(25)23-15-4-2-3-13(10-15)18(20,21)22/h2-8,10-11H,9H2,1H3,(H,23,25)/t11-/m0/s1. The van der Waals surface area contributed by atoms with E-state index in [9.17, 15) is 27.2 Å². The van der Waals surface area contributed by atoms with E-state index in [2.05, 4.69) is 5.32 Å². The average molecular weight is 369 g/mol. The number of hydrogen-bond acceptors (Lipinski definition) is 3. The van der Waals surface area contributed by atoms with Crippen LogP contribution in [0.3, 0.4) is 0 Å². The fraction of sp³-hybridized carbons (Fsp3) is 0.222. The van der Waals surface area contributed by atoms with Crippen LogP contribution >= 0.6 is 0 Å². The molecular weight excluding hydrogens is 354 g/mol. The van der Waals surface area contributed by atoms with E-state index in [1.807, 2.05) is 0 Å². The maximum atomic E-state index is 12.8. The third-order valence-electron chi connectivity index (χ3n) is 3.40. The Morgan fingerprint density at radius 1 is 1.12 bits per heavy atom. The van der Waals surface area contributed by atoms with Gasteiger partial charge >= 0.3 is 12.1 Å². The molecule has 0 fully saturated rings. The minimum atomic E-state index is -4.53. The summed E-state index contributed by atoms with van der Waals surface area (Å²) in [4.78, 5) is 23.8. The average Bonchev–Trinajstić information content (AvgIpc) is 2.56. The summed E-state index contributed by atoms with van der Waals surface area (Å²) in [7, 11) is 0. The molecule has 2 rings (SSSR count). The molecule has 0 aliphatic carbocycles. The van der Waals surface area contributed by atoms with Crippen molar-refractivity contribution in [2.24, 2.45) is 0 Å². The molecule has 0 unspecified atom stereocenters. The van der Waals surface area contributed by atoms with Crippen LogP contribution in [0.25, 0.3) is 0 Å². The first-order chi connectivity index (χ1) is 12.1. The summed E-state index contributed by atoms with van der Waals surface area (Å²) in [6.07, 6.45) is -5.91. The quantitative estimate of drug-likeness (QED) is 0.641. The van der Waals surface area contributed by atoms with Crippen molar-refractivity contribution in [3.63, 3.8) is 0 Å². The molecule has 0 aliphatic heterocycles. The zero-order valence-corrected chi connectivity index (χ0v) is 13.6. The van der Waals surface area contributed by atoms with Crippen molar-refractivity contribution >= 4 is 17.6 Å². The molecule has 0 heterocycles. The normalized spacial score (nSPS) is 12.3. The van der Waals surface area contributed by atoms with Crippen LogP contribution in [0.1, 0.15) is 18.1 Å². The molecule has 1 N–H and O–H groups in total. The molecule has 1 atom stereocenters. The fourth-order valence-corrected chi connectivity index (χ4v) is 2.08. The van der Waals surface area contributed by atoms with Crippen LogP contribution in [0.15, 0.2) is 48.5 Å². The second-order valence-electron chi connectivity index (χ2n) is 5.50. The number of esters is 1. The van der Waals surface area contributed by atoms with Gasteiger partial charge < -0.3 is 10.1 Å². The van der Waals surface area contributed by atoms with Crippen LogP contribution in [-0.4, -0.2) is 18.0 Å². The van der Waals surface area contributed by atoms with E-state index >= 15 is 0 Å². The van der Waals surface area contributed by atoms with Crippen LogP contribution in [0.4, 0.5) is 23.2 Å². The van der Waals surface area contributed by atoms with Crippen LogP contribution in [0.5, 0.6) is 0 Å². The van der Waals surface area contributed by atoms with Crippen molar-refractivity contribution in [3.05, 3.63) is 65.5 Å². The van der Waals surface area contributed by atoms with Crippen LogP contribution in [-0.2, 0) is 26.9 Å². The summed E-state index contributed by atoms with van der Waals surface area (Å²) in [5.74, 6) is -1.93. The van der Waals surface area contributed by atoms with Crippen molar-refractivity contribution in [1.82, 2.24) is 0 Å². The van der Waals surface area contributed by atoms with Gasteiger partial charge in [-0.1, -0.05) is 18.2 Å². The smallest absolute Gasteiger partial charge is 0.416 e. The highest BCUT2D eigenvalue weighted by molar-refractivity contribution is 5.95. The summed E-state index contributed by atoms with van der Waals surface area (Å²) in [5, 5.41) is 2.27. The van der Waals surface area contributed by atoms with Gasteiger partial charge in [0.05, 0.1) is 12.0 Å². The molecule has 138 valence electrons. The summed E-state index contributed by atoms with van der Waals surface area (Å²) < 4.78 is 55.7. The highest BCUT2D eigenvalue weighted by Crippen LogP contribution is 2.30. The van der Waals surface area contributed by atoms with Crippen molar-refractivity contribution in [2.75, 3.05) is 5.32 Å². The molecule has 4 nitrogen and oxygen atoms in total. The molecule has 8 heteroatoms. The molecule has 0 spiro atoms. The summed E-state index contributed by atoms with van der Waals surface area (Å²) in [6.45, 7) is 1.30. The predicted molar refractivity (Wildman–Crippen MR) is 85.7 cm³/mol. The van der Waals surface area contributed by atoms with Gasteiger partial charge in [0.2, 0.25) is 0 Å². The molecule has 0 bridgehead atoms. The van der Waals surface area contributed by atoms with E-state index < -0.39 is 35.5 Å². The number of nitrogens with one attached hydrogen (secondary N) is 1. The monoisotopic (exact) mass is 369 g/mol. The van der Waals surface area contributed by atoms with Gasteiger partial charge in [0.1, 0.15) is 5.82 Å². The predicted octanol–water partition coefficient (Wildman–Crippen LogP) is 3.96. The van der Waals surface area contributed by atoms with E-state index in [1.165, 1.54) is 37.3 Å². The first kappa shape index (κ1) is 19.4. The molecular formula is C18H15F4NO3. The number of hydrogen-bond donors (Lipinski definition) is 1. The van der Waals surface area contributed by atoms with Gasteiger partial charge in [-0.3, -0.25) is 9.59 Å². The molecule has 26 heavy (non-hydrogen) atoms. The lowest BCUT2D eigenvalue weighted by atomic mass is 10.1. The number of anilines is 1. The minimum absolute atomic E-state index is 0.0636. The Morgan fingerprint density at radius 2 is 1.77 bits per heavy atom. The van der Waals surface area contributed by atoms with Gasteiger partial charge in [0, 0.05) is 5.69 Å². The minimum Gasteiger partial charge on any atom is -0.452 e. The largest absolute Gasteiger partial charge is 0.452 e. The highest BCUT2D eigenvalue weighted by atomic mass is 19.4. The van der Waals surface area contributed by atoms with Crippen molar-refractivity contribution in [1.29, 1.82) is 0 Å². The third-order valence-corrected chi connectivity index (χ3v) is 3.40. The fourth-order valence-electron chi connectivity index (χ4n) is 2.08. The Bertz CT molecular complexity index is 788. The summed E-state index contributed by atoms with van der Waals surface area (Å²) >= 11 is 0. The van der Waals surface area contributed by atoms with E-state index in [0.717, 1.165) is 18.2 Å². The van der Waals surface area contributed by atoms with E-state index in [4.69, 9.17) is 4.74 Å². The van der Waals surface area contributed by atoms with Crippen LogP contribution < -0.4 is 5.32 Å². The first-order valence-electron chi connectivity index (χ1n) is 7.57. The Labute approximate surface area is 146 Å². The molecule has 0 saturated carbocycles. The summed E-state index contributed by atoms with van der Waals surface area (Å²) in [6, 6.07) is 9.29. The third kappa shape index (κ3) is 5.58. The maximum absolute atomic E-state index is 12.8. The lowest BCUT2D eigenvalue weighted by Gasteiger charge is -2.14. The SMILES string of the molecule is C[C@H](OC(=O)Cc1ccc(F)cc1)C(=O)Nc1cccc(C(F)(F)F)c1. The van der Waals surface area contributed by atoms with Gasteiger partial charge in [-0.25, -0.2) is 4.39 Å². The second-order valence-corrected chi connectivity index (χ2v) is 5.50. The number of carbonyl (C=O) groups is 2. The molecule has 0 radical (unpaired) electrons. The zero-order valence-electron chi connectivity index (χ0n) is 13.6. The Morgan fingerprint density at radius 3 is 2.38 bits per heavy atom. The number of benzene rings is 2. The second kappa shape index (κ2) is 7.99. The van der Waals surface area contributed by atoms with Crippen molar-refractivity contribution in [3.8, 4) is 0 Å². The molecule has 0 aromatic heterocycles. The van der Waals surface area contributed by atoms with Gasteiger partial charge in [-0.15, -0.1) is 0 Å². The molecule has 2 aromatic rings. The lowest BCUT2D eigenvalue weighted by Crippen LogP contribution is -2.30. The van der Waals surface area contributed by atoms with Gasteiger partial charge in [0.15, 0.2) is 6.10 Å². The zero-order chi connectivity index (χ0) is 19.3. The Hall–Kier alpha value is -2.90. The number of alkyl halides is 3. The maximum Gasteiger partial charge on any atom is 0.416 e. The number of carbonyl (C=O) groups excluding carboxylic acids is 2. The molecule has 1 amide bonds. The van der Waals surface area contributed by atoms with E-state index in [-0.39, 0.29) is 12.1 Å². The number of amides is 1. The van der Waals surface area contributed by atoms with Crippen LogP contribution in [0, 0.1) is 5.82 Å². The van der Waals surface area contributed by atoms with E-state index in [1.54, 1.807) is 0 Å². The van der Waals surface area contributed by atoms with E-state index in [0.29, 0.717) is 5.56 Å². The van der Waals surface area contributed by atoms with Crippen molar-refractivity contribution in [2.45, 2.75) is 25.6 Å². The highest BCUT2D eigenvalue weighted by Gasteiger charge is 2.30. The van der Waals surface area contributed by atoms with Gasteiger partial charge in [0.25, 0.3) is 5.91 Å². The van der Waals surface area contributed by atoms with Crippen molar-refractivity contribution < 1.29 is 31.9 Å². The van der Waals surface area contributed by atoms with Crippen LogP contribution in [0.2, 0.25) is 0 Å². The molecule has 0 saturated heterocycles.